The van der Waals surface area contributed by atoms with Crippen molar-refractivity contribution in [1.82, 2.24) is 0 Å². The van der Waals surface area contributed by atoms with Gasteiger partial charge >= 0.3 is 0 Å². The minimum absolute atomic E-state index is 0.0174. The summed E-state index contributed by atoms with van der Waals surface area (Å²) in [6.07, 6.45) is 7.06. The van der Waals surface area contributed by atoms with Crippen molar-refractivity contribution in [3.8, 4) is 0 Å². The minimum Gasteiger partial charge on any atom is -0.396 e. The summed E-state index contributed by atoms with van der Waals surface area (Å²) in [5.74, 6) is 0.399. The number of hydrogen-bond acceptors (Lipinski definition) is 5. The summed E-state index contributed by atoms with van der Waals surface area (Å²) in [4.78, 5) is 12.5. The molecular weight excluding hydrogens is 344 g/mol. The first-order valence-electron chi connectivity index (χ1n) is 10.2. The summed E-state index contributed by atoms with van der Waals surface area (Å²) in [5, 5.41) is 30.2. The molecule has 150 valence electrons. The minimum atomic E-state index is -0.869. The smallest absolute Gasteiger partial charge is 0.192 e. The van der Waals surface area contributed by atoms with Crippen LogP contribution in [0.5, 0.6) is 0 Å². The Morgan fingerprint density at radius 2 is 2.00 bits per heavy atom. The van der Waals surface area contributed by atoms with Gasteiger partial charge in [0.25, 0.3) is 0 Å². The zero-order valence-corrected chi connectivity index (χ0v) is 16.6. The van der Waals surface area contributed by atoms with Crippen LogP contribution in [0.3, 0.4) is 0 Å². The molecule has 27 heavy (non-hydrogen) atoms. The van der Waals surface area contributed by atoms with E-state index in [4.69, 9.17) is 4.74 Å². The number of Topliss-reactive ketones (excluding diaryl/α,β-unsaturated/α-hetero) is 1. The fraction of sp³-hybridized carbons (Fsp3) is 0.773. The normalized spacial score (nSPS) is 49.0. The highest BCUT2D eigenvalue weighted by Gasteiger charge is 2.68. The molecule has 7 atom stereocenters. The lowest BCUT2D eigenvalue weighted by atomic mass is 9.47. The number of hydrogen-bond donors (Lipinski definition) is 3. The van der Waals surface area contributed by atoms with Crippen LogP contribution in [0.4, 0.5) is 0 Å². The predicted molar refractivity (Wildman–Crippen MR) is 101 cm³/mol. The Morgan fingerprint density at radius 3 is 2.67 bits per heavy atom. The topological polar surface area (TPSA) is 90.3 Å². The van der Waals surface area contributed by atoms with Gasteiger partial charge in [-0.15, -0.1) is 0 Å². The first kappa shape index (κ1) is 19.3. The van der Waals surface area contributed by atoms with E-state index in [1.807, 2.05) is 0 Å². The third-order valence-corrected chi connectivity index (χ3v) is 8.31. The second-order valence-corrected chi connectivity index (χ2v) is 9.78. The number of aliphatic hydroxyl groups is 3. The van der Waals surface area contributed by atoms with Crippen LogP contribution in [0.25, 0.3) is 0 Å². The van der Waals surface area contributed by atoms with Crippen LogP contribution < -0.4 is 0 Å². The van der Waals surface area contributed by atoms with Crippen molar-refractivity contribution in [2.45, 2.75) is 70.7 Å². The van der Waals surface area contributed by atoms with E-state index < -0.39 is 17.8 Å². The zero-order chi connectivity index (χ0) is 19.6. The Bertz CT molecular complexity index is 711. The van der Waals surface area contributed by atoms with E-state index in [0.717, 1.165) is 25.7 Å². The van der Waals surface area contributed by atoms with E-state index in [2.05, 4.69) is 26.8 Å². The molecule has 1 saturated heterocycles. The average Bonchev–Trinajstić information content (AvgIpc) is 3.38. The SMILES string of the molecule is CC1=CC[C@H]2[C@](C)(CO)CCC[C@]2(C)[C@H]1C[C@@]12O[C@@H]1C(=O)C(CO)=C[C@H]2O. The highest BCUT2D eigenvalue weighted by Crippen LogP contribution is 2.63. The van der Waals surface area contributed by atoms with E-state index in [1.54, 1.807) is 0 Å². The Hall–Kier alpha value is -1.01. The first-order chi connectivity index (χ1) is 12.7. The van der Waals surface area contributed by atoms with Gasteiger partial charge < -0.3 is 20.1 Å². The molecule has 0 aromatic carbocycles. The lowest BCUT2D eigenvalue weighted by Crippen LogP contribution is -2.53. The molecule has 0 amide bonds. The molecule has 0 bridgehead atoms. The van der Waals surface area contributed by atoms with Gasteiger partial charge in [-0.05, 0) is 61.3 Å². The summed E-state index contributed by atoms with van der Waals surface area (Å²) in [6, 6.07) is 0. The number of fused-ring (bicyclic) bond motifs is 2. The van der Waals surface area contributed by atoms with Crippen LogP contribution in [0.15, 0.2) is 23.3 Å². The summed E-state index contributed by atoms with van der Waals surface area (Å²) < 4.78 is 5.84. The third kappa shape index (κ3) is 2.62. The average molecular weight is 376 g/mol. The van der Waals surface area contributed by atoms with Crippen molar-refractivity contribution in [2.24, 2.45) is 22.7 Å². The van der Waals surface area contributed by atoms with Gasteiger partial charge in [0.15, 0.2) is 11.9 Å². The molecule has 4 aliphatic rings. The lowest BCUT2D eigenvalue weighted by molar-refractivity contribution is -0.117. The number of rotatable bonds is 4. The molecule has 3 aliphatic carbocycles. The van der Waals surface area contributed by atoms with Gasteiger partial charge in [0.1, 0.15) is 11.7 Å². The van der Waals surface area contributed by atoms with Gasteiger partial charge in [-0.3, -0.25) is 4.79 Å². The van der Waals surface area contributed by atoms with Gasteiger partial charge in [-0.2, -0.15) is 0 Å². The maximum absolute atomic E-state index is 12.5. The summed E-state index contributed by atoms with van der Waals surface area (Å²) in [7, 11) is 0. The largest absolute Gasteiger partial charge is 0.396 e. The fourth-order valence-electron chi connectivity index (χ4n) is 6.53. The second-order valence-electron chi connectivity index (χ2n) is 9.78. The molecule has 1 heterocycles. The molecule has 1 saturated carbocycles. The van der Waals surface area contributed by atoms with Crippen molar-refractivity contribution < 1.29 is 24.9 Å². The van der Waals surface area contributed by atoms with Crippen molar-refractivity contribution >= 4 is 5.78 Å². The number of ether oxygens (including phenoxy) is 1. The number of epoxide rings is 1. The van der Waals surface area contributed by atoms with E-state index in [-0.39, 0.29) is 41.3 Å². The highest BCUT2D eigenvalue weighted by atomic mass is 16.6. The van der Waals surface area contributed by atoms with Gasteiger partial charge in [-0.25, -0.2) is 0 Å². The van der Waals surface area contributed by atoms with Crippen LogP contribution >= 0.6 is 0 Å². The molecule has 4 rings (SSSR count). The lowest BCUT2D eigenvalue weighted by Gasteiger charge is -2.57. The molecule has 0 aromatic rings. The van der Waals surface area contributed by atoms with Gasteiger partial charge in [-0.1, -0.05) is 31.9 Å². The second kappa shape index (κ2) is 6.24. The van der Waals surface area contributed by atoms with Crippen LogP contribution in [0.2, 0.25) is 0 Å². The third-order valence-electron chi connectivity index (χ3n) is 8.31. The number of ketones is 1. The first-order valence-corrected chi connectivity index (χ1v) is 10.2. The van der Waals surface area contributed by atoms with Gasteiger partial charge in [0, 0.05) is 12.2 Å². The molecule has 5 nitrogen and oxygen atoms in total. The monoisotopic (exact) mass is 376 g/mol. The van der Waals surface area contributed by atoms with Crippen LogP contribution in [0.1, 0.15) is 52.9 Å². The van der Waals surface area contributed by atoms with Crippen LogP contribution in [-0.2, 0) is 9.53 Å². The van der Waals surface area contributed by atoms with Crippen LogP contribution in [-0.4, -0.2) is 52.1 Å². The summed E-state index contributed by atoms with van der Waals surface area (Å²) in [5.41, 5.74) is 0.633. The van der Waals surface area contributed by atoms with Crippen molar-refractivity contribution in [2.75, 3.05) is 13.2 Å². The molecule has 2 fully saturated rings. The predicted octanol–water partition coefficient (Wildman–Crippen LogP) is 2.15. The Kier molecular flexibility index (Phi) is 4.47. The summed E-state index contributed by atoms with van der Waals surface area (Å²) in [6.45, 7) is 6.51. The molecular formula is C22H32O5. The zero-order valence-electron chi connectivity index (χ0n) is 16.6. The highest BCUT2D eigenvalue weighted by molar-refractivity contribution is 6.03. The maximum atomic E-state index is 12.5. The van der Waals surface area contributed by atoms with Crippen molar-refractivity contribution in [3.05, 3.63) is 23.3 Å². The molecule has 0 radical (unpaired) electrons. The van der Waals surface area contributed by atoms with Crippen molar-refractivity contribution in [3.63, 3.8) is 0 Å². The van der Waals surface area contributed by atoms with E-state index >= 15 is 0 Å². The number of carbonyl (C=O) groups is 1. The molecule has 5 heteroatoms. The fourth-order valence-corrected chi connectivity index (χ4v) is 6.53. The quantitative estimate of drug-likeness (QED) is 0.517. The van der Waals surface area contributed by atoms with Crippen LogP contribution in [0, 0.1) is 22.7 Å². The van der Waals surface area contributed by atoms with E-state index in [9.17, 15) is 20.1 Å². The molecule has 0 spiro atoms. The summed E-state index contributed by atoms with van der Waals surface area (Å²) >= 11 is 0. The maximum Gasteiger partial charge on any atom is 0.192 e. The molecule has 0 unspecified atom stereocenters. The number of aliphatic hydroxyl groups excluding tert-OH is 3. The molecule has 3 N–H and O–H groups in total. The Labute approximate surface area is 161 Å². The van der Waals surface area contributed by atoms with Crippen molar-refractivity contribution in [1.29, 1.82) is 0 Å². The Morgan fingerprint density at radius 1 is 1.26 bits per heavy atom. The van der Waals surface area contributed by atoms with Gasteiger partial charge in [0.2, 0.25) is 0 Å². The van der Waals surface area contributed by atoms with Gasteiger partial charge in [0.05, 0.1) is 6.61 Å². The van der Waals surface area contributed by atoms with E-state index in [0.29, 0.717) is 12.3 Å². The van der Waals surface area contributed by atoms with E-state index in [1.165, 1.54) is 11.6 Å². The standard InChI is InChI=1S/C22H32O5/c1-13-5-6-16-20(2,12-24)7-4-8-21(16,3)15(13)10-22-17(25)9-14(11-23)18(26)19(22)27-22/h5,9,15-17,19,23-25H,4,6-8,10-12H2,1-3H3/t15-,16-,17+,19+,20-,21+,22-/m0/s1. The number of carbonyl (C=O) groups excluding carboxylic acids is 1. The molecule has 0 aromatic heterocycles. The molecule has 1 aliphatic heterocycles. The Balaban J connectivity index is 1.66. The number of allylic oxidation sites excluding steroid dienone is 2.